The summed E-state index contributed by atoms with van der Waals surface area (Å²) in [4.78, 5) is 22.4. The van der Waals surface area contributed by atoms with E-state index in [0.717, 1.165) is 61.3 Å². The number of morpholine rings is 1. The summed E-state index contributed by atoms with van der Waals surface area (Å²) in [5.74, 6) is -0.191. The minimum absolute atomic E-state index is 0.191. The molecule has 0 aliphatic carbocycles. The minimum Gasteiger partial charge on any atom is -0.378 e. The quantitative estimate of drug-likeness (QED) is 0.633. The highest BCUT2D eigenvalue weighted by atomic mass is 32.1. The molecule has 2 fully saturated rings. The van der Waals surface area contributed by atoms with E-state index in [0.29, 0.717) is 5.69 Å². The summed E-state index contributed by atoms with van der Waals surface area (Å²) in [6.45, 7) is 5.19. The van der Waals surface area contributed by atoms with Crippen molar-refractivity contribution in [2.75, 3.05) is 54.5 Å². The van der Waals surface area contributed by atoms with Gasteiger partial charge in [0.2, 0.25) is 0 Å². The highest BCUT2D eigenvalue weighted by molar-refractivity contribution is 7.13. The monoisotopic (exact) mass is 438 g/mol. The van der Waals surface area contributed by atoms with Crippen LogP contribution in [0.5, 0.6) is 0 Å². The average Bonchev–Trinajstić information content (AvgIpc) is 3.52. The zero-order chi connectivity index (χ0) is 21.0. The summed E-state index contributed by atoms with van der Waals surface area (Å²) in [5.41, 5.74) is 4.42. The Kier molecular flexibility index (Phi) is 5.86. The van der Waals surface area contributed by atoms with E-state index in [1.165, 1.54) is 36.3 Å². The van der Waals surface area contributed by atoms with E-state index in [-0.39, 0.29) is 5.91 Å². The van der Waals surface area contributed by atoms with Gasteiger partial charge in [0.25, 0.3) is 5.91 Å². The number of rotatable bonds is 5. The lowest BCUT2D eigenvalue weighted by Crippen LogP contribution is -2.38. The maximum absolute atomic E-state index is 13.1. The number of amides is 1. The van der Waals surface area contributed by atoms with E-state index in [9.17, 15) is 4.79 Å². The number of carbonyl (C=O) groups is 1. The first-order valence-electron chi connectivity index (χ1n) is 10.8. The standard InChI is InChI=1S/C22H26N6O2S/c29-21(18-15-31-22(26-18)16-13-23-24-14-16)25-17-5-4-6-19(27-9-11-30-12-10-27)20(17)28-7-2-1-3-8-28/h4-6,13-15H,1-3,7-12H2,(H,23,24)(H,25,29). The molecule has 1 amide bonds. The van der Waals surface area contributed by atoms with Crippen LogP contribution >= 0.6 is 11.3 Å². The summed E-state index contributed by atoms with van der Waals surface area (Å²) in [6.07, 6.45) is 7.09. The Hall–Kier alpha value is -2.91. The van der Waals surface area contributed by atoms with Crippen LogP contribution in [0.3, 0.4) is 0 Å². The summed E-state index contributed by atoms with van der Waals surface area (Å²) in [6, 6.07) is 6.17. The topological polar surface area (TPSA) is 86.4 Å². The number of nitrogens with one attached hydrogen (secondary N) is 2. The van der Waals surface area contributed by atoms with Crippen LogP contribution < -0.4 is 15.1 Å². The van der Waals surface area contributed by atoms with Crippen molar-refractivity contribution in [1.29, 1.82) is 0 Å². The third kappa shape index (κ3) is 4.28. The largest absolute Gasteiger partial charge is 0.378 e. The van der Waals surface area contributed by atoms with Crippen LogP contribution in [0.2, 0.25) is 0 Å². The first-order valence-corrected chi connectivity index (χ1v) is 11.6. The Balaban J connectivity index is 1.44. The second-order valence-corrected chi connectivity index (χ2v) is 8.66. The molecule has 2 N–H and O–H groups in total. The molecule has 0 unspecified atom stereocenters. The van der Waals surface area contributed by atoms with Crippen LogP contribution in [-0.4, -0.2) is 60.5 Å². The van der Waals surface area contributed by atoms with Crippen molar-refractivity contribution >= 4 is 34.3 Å². The van der Waals surface area contributed by atoms with E-state index in [1.807, 2.05) is 12.1 Å². The molecule has 2 aromatic heterocycles. The Morgan fingerprint density at radius 3 is 2.71 bits per heavy atom. The fourth-order valence-electron chi connectivity index (χ4n) is 4.21. The van der Waals surface area contributed by atoms with Gasteiger partial charge in [0.15, 0.2) is 0 Å². The molecule has 0 bridgehead atoms. The highest BCUT2D eigenvalue weighted by Crippen LogP contribution is 2.39. The van der Waals surface area contributed by atoms with Gasteiger partial charge < -0.3 is 19.9 Å². The molecule has 8 nitrogen and oxygen atoms in total. The lowest BCUT2D eigenvalue weighted by molar-refractivity contribution is 0.102. The Labute approximate surface area is 185 Å². The van der Waals surface area contributed by atoms with Gasteiger partial charge in [-0.15, -0.1) is 11.3 Å². The lowest BCUT2D eigenvalue weighted by Gasteiger charge is -2.37. The number of anilines is 3. The lowest BCUT2D eigenvalue weighted by atomic mass is 10.1. The molecule has 4 heterocycles. The SMILES string of the molecule is O=C(Nc1cccc(N2CCOCC2)c1N1CCCCC1)c1csc(-c2cn[nH]c2)n1. The highest BCUT2D eigenvalue weighted by Gasteiger charge is 2.24. The smallest absolute Gasteiger partial charge is 0.275 e. The number of hydrogen-bond donors (Lipinski definition) is 2. The second kappa shape index (κ2) is 9.07. The predicted octanol–water partition coefficient (Wildman–Crippen LogP) is 3.61. The minimum atomic E-state index is -0.191. The van der Waals surface area contributed by atoms with Gasteiger partial charge in [-0.25, -0.2) is 4.98 Å². The maximum Gasteiger partial charge on any atom is 0.275 e. The molecule has 2 aliphatic rings. The van der Waals surface area contributed by atoms with Crippen molar-refractivity contribution < 1.29 is 9.53 Å². The Bertz CT molecular complexity index is 1020. The first kappa shape index (κ1) is 20.0. The molecule has 0 saturated carbocycles. The van der Waals surface area contributed by atoms with Crippen molar-refractivity contribution in [3.05, 3.63) is 41.7 Å². The molecule has 2 saturated heterocycles. The third-order valence-electron chi connectivity index (χ3n) is 5.77. The van der Waals surface area contributed by atoms with Crippen molar-refractivity contribution in [2.45, 2.75) is 19.3 Å². The van der Waals surface area contributed by atoms with Gasteiger partial charge in [-0.3, -0.25) is 9.89 Å². The van der Waals surface area contributed by atoms with Gasteiger partial charge in [0.1, 0.15) is 10.7 Å². The number of hydrogen-bond acceptors (Lipinski definition) is 7. The van der Waals surface area contributed by atoms with Gasteiger partial charge in [0, 0.05) is 43.3 Å². The van der Waals surface area contributed by atoms with Crippen molar-refractivity contribution in [2.24, 2.45) is 0 Å². The van der Waals surface area contributed by atoms with Gasteiger partial charge in [-0.05, 0) is 31.4 Å². The summed E-state index contributed by atoms with van der Waals surface area (Å²) in [7, 11) is 0. The normalized spacial score (nSPS) is 17.0. The fraction of sp³-hybridized carbons (Fsp3) is 0.409. The number of para-hydroxylation sites is 1. The van der Waals surface area contributed by atoms with E-state index in [4.69, 9.17) is 4.74 Å². The number of ether oxygens (including phenoxy) is 1. The Morgan fingerprint density at radius 2 is 1.94 bits per heavy atom. The number of nitrogens with zero attached hydrogens (tertiary/aromatic N) is 4. The molecule has 31 heavy (non-hydrogen) atoms. The molecule has 0 spiro atoms. The fourth-order valence-corrected chi connectivity index (χ4v) is 4.99. The number of H-pyrrole nitrogens is 1. The molecule has 2 aliphatic heterocycles. The number of piperidine rings is 1. The van der Waals surface area contributed by atoms with Gasteiger partial charge in [-0.2, -0.15) is 5.10 Å². The average molecular weight is 439 g/mol. The van der Waals surface area contributed by atoms with Crippen LogP contribution in [0.1, 0.15) is 29.8 Å². The number of thiazole rings is 1. The van der Waals surface area contributed by atoms with Crippen LogP contribution in [-0.2, 0) is 4.74 Å². The van der Waals surface area contributed by atoms with E-state index in [1.54, 1.807) is 17.8 Å². The first-order chi connectivity index (χ1) is 15.3. The Morgan fingerprint density at radius 1 is 1.10 bits per heavy atom. The van der Waals surface area contributed by atoms with Gasteiger partial charge >= 0.3 is 0 Å². The molecular weight excluding hydrogens is 412 g/mol. The molecule has 5 rings (SSSR count). The van der Waals surface area contributed by atoms with Crippen molar-refractivity contribution in [1.82, 2.24) is 15.2 Å². The molecule has 3 aromatic rings. The molecular formula is C22H26N6O2S. The molecule has 1 aromatic carbocycles. The predicted molar refractivity (Wildman–Crippen MR) is 123 cm³/mol. The van der Waals surface area contributed by atoms with Crippen molar-refractivity contribution in [3.8, 4) is 10.6 Å². The van der Waals surface area contributed by atoms with E-state index < -0.39 is 0 Å². The van der Waals surface area contributed by atoms with Crippen LogP contribution in [0.15, 0.2) is 36.0 Å². The molecule has 162 valence electrons. The number of aromatic amines is 1. The van der Waals surface area contributed by atoms with Crippen molar-refractivity contribution in [3.63, 3.8) is 0 Å². The van der Waals surface area contributed by atoms with Crippen LogP contribution in [0.25, 0.3) is 10.6 Å². The number of benzene rings is 1. The maximum atomic E-state index is 13.1. The third-order valence-corrected chi connectivity index (χ3v) is 6.66. The molecule has 0 atom stereocenters. The van der Waals surface area contributed by atoms with E-state index >= 15 is 0 Å². The van der Waals surface area contributed by atoms with Gasteiger partial charge in [-0.1, -0.05) is 6.07 Å². The van der Waals surface area contributed by atoms with E-state index in [2.05, 4.69) is 36.4 Å². The number of aromatic nitrogens is 3. The van der Waals surface area contributed by atoms with Crippen LogP contribution in [0.4, 0.5) is 17.1 Å². The zero-order valence-electron chi connectivity index (χ0n) is 17.3. The van der Waals surface area contributed by atoms with Crippen LogP contribution in [0, 0.1) is 0 Å². The molecule has 9 heteroatoms. The second-order valence-electron chi connectivity index (χ2n) is 7.80. The zero-order valence-corrected chi connectivity index (χ0v) is 18.2. The van der Waals surface area contributed by atoms with Gasteiger partial charge in [0.05, 0.1) is 36.5 Å². The number of carbonyl (C=O) groups excluding carboxylic acids is 1. The summed E-state index contributed by atoms with van der Waals surface area (Å²) in [5, 5.41) is 12.5. The molecule has 0 radical (unpaired) electrons. The summed E-state index contributed by atoms with van der Waals surface area (Å²) >= 11 is 1.44. The summed E-state index contributed by atoms with van der Waals surface area (Å²) < 4.78 is 5.55.